The lowest BCUT2D eigenvalue weighted by molar-refractivity contribution is -0.139. The summed E-state index contributed by atoms with van der Waals surface area (Å²) >= 11 is 0. The van der Waals surface area contributed by atoms with E-state index < -0.39 is 12.1 Å². The van der Waals surface area contributed by atoms with E-state index in [1.54, 1.807) is 7.11 Å². The van der Waals surface area contributed by atoms with Gasteiger partial charge in [0.15, 0.2) is 0 Å². The summed E-state index contributed by atoms with van der Waals surface area (Å²) in [5, 5.41) is 20.6. The zero-order valence-corrected chi connectivity index (χ0v) is 9.24. The minimum Gasteiger partial charge on any atom is -0.481 e. The first-order valence-electron chi connectivity index (χ1n) is 5.26. The molecule has 0 aliphatic carbocycles. The lowest BCUT2D eigenvalue weighted by atomic mass is 10.2. The van der Waals surface area contributed by atoms with Crippen molar-refractivity contribution < 1.29 is 19.7 Å². The van der Waals surface area contributed by atoms with Crippen molar-refractivity contribution in [2.24, 2.45) is 0 Å². The molecule has 5 nitrogen and oxygen atoms in total. The van der Waals surface area contributed by atoms with Gasteiger partial charge in [-0.15, -0.1) is 0 Å². The predicted molar refractivity (Wildman–Crippen MR) is 56.9 cm³/mol. The number of unbranched alkanes of at least 4 members (excludes halogenated alkanes) is 2. The van der Waals surface area contributed by atoms with Gasteiger partial charge in [0.1, 0.15) is 0 Å². The van der Waals surface area contributed by atoms with Crippen molar-refractivity contribution >= 4 is 5.97 Å². The fourth-order valence-electron chi connectivity index (χ4n) is 1.22. The SMILES string of the molecule is COCCCCCNCC(O)CC(=O)O. The third-order valence-corrected chi connectivity index (χ3v) is 1.99. The second kappa shape index (κ2) is 9.89. The molecule has 0 bridgehead atoms. The average molecular weight is 219 g/mol. The molecule has 0 aliphatic heterocycles. The van der Waals surface area contributed by atoms with Crippen LogP contribution in [0, 0.1) is 0 Å². The van der Waals surface area contributed by atoms with Crippen molar-refractivity contribution in [3.8, 4) is 0 Å². The van der Waals surface area contributed by atoms with Gasteiger partial charge in [-0.25, -0.2) is 0 Å². The summed E-state index contributed by atoms with van der Waals surface area (Å²) in [5.74, 6) is -0.968. The maximum Gasteiger partial charge on any atom is 0.306 e. The first kappa shape index (κ1) is 14.3. The first-order chi connectivity index (χ1) is 7.16. The van der Waals surface area contributed by atoms with Crippen LogP contribution in [0.25, 0.3) is 0 Å². The molecule has 0 amide bonds. The van der Waals surface area contributed by atoms with Crippen molar-refractivity contribution in [2.45, 2.75) is 31.8 Å². The van der Waals surface area contributed by atoms with Gasteiger partial charge in [-0.1, -0.05) is 0 Å². The Labute approximate surface area is 90.4 Å². The van der Waals surface area contributed by atoms with Gasteiger partial charge in [0, 0.05) is 20.3 Å². The summed E-state index contributed by atoms with van der Waals surface area (Å²) < 4.78 is 4.90. The molecule has 90 valence electrons. The molecule has 0 spiro atoms. The van der Waals surface area contributed by atoms with Crippen LogP contribution in [0.15, 0.2) is 0 Å². The van der Waals surface area contributed by atoms with Crippen LogP contribution in [0.1, 0.15) is 25.7 Å². The number of rotatable bonds is 10. The van der Waals surface area contributed by atoms with Crippen LogP contribution in [-0.2, 0) is 9.53 Å². The number of carboxylic acid groups (broad SMARTS) is 1. The fourth-order valence-corrected chi connectivity index (χ4v) is 1.22. The highest BCUT2D eigenvalue weighted by atomic mass is 16.5. The maximum absolute atomic E-state index is 10.2. The zero-order valence-electron chi connectivity index (χ0n) is 9.24. The number of aliphatic carboxylic acids is 1. The summed E-state index contributed by atoms with van der Waals surface area (Å²) in [6.07, 6.45) is 2.15. The van der Waals surface area contributed by atoms with Gasteiger partial charge < -0.3 is 20.3 Å². The molecule has 0 aromatic rings. The quantitative estimate of drug-likeness (QED) is 0.458. The molecule has 1 unspecified atom stereocenters. The van der Waals surface area contributed by atoms with Crippen LogP contribution < -0.4 is 5.32 Å². The van der Waals surface area contributed by atoms with Crippen molar-refractivity contribution in [3.05, 3.63) is 0 Å². The van der Waals surface area contributed by atoms with Crippen molar-refractivity contribution in [1.82, 2.24) is 5.32 Å². The molecule has 0 fully saturated rings. The lowest BCUT2D eigenvalue weighted by Gasteiger charge is -2.09. The molecule has 0 aliphatic rings. The minimum atomic E-state index is -0.968. The van der Waals surface area contributed by atoms with Gasteiger partial charge in [0.25, 0.3) is 0 Å². The number of ether oxygens (including phenoxy) is 1. The summed E-state index contributed by atoms with van der Waals surface area (Å²) in [6, 6.07) is 0. The van der Waals surface area contributed by atoms with E-state index in [1.165, 1.54) is 0 Å². The molecule has 0 aromatic heterocycles. The Morgan fingerprint density at radius 1 is 1.40 bits per heavy atom. The normalized spacial score (nSPS) is 12.7. The maximum atomic E-state index is 10.2. The van der Waals surface area contributed by atoms with Gasteiger partial charge in [0.2, 0.25) is 0 Å². The Bertz CT molecular complexity index is 164. The second-order valence-electron chi connectivity index (χ2n) is 3.51. The Morgan fingerprint density at radius 2 is 2.13 bits per heavy atom. The molecule has 0 aromatic carbocycles. The van der Waals surface area contributed by atoms with Crippen LogP contribution in [0.3, 0.4) is 0 Å². The monoisotopic (exact) mass is 219 g/mol. The van der Waals surface area contributed by atoms with Crippen molar-refractivity contribution in [2.75, 3.05) is 26.8 Å². The molecule has 3 N–H and O–H groups in total. The number of carboxylic acids is 1. The van der Waals surface area contributed by atoms with E-state index in [0.717, 1.165) is 32.4 Å². The largest absolute Gasteiger partial charge is 0.481 e. The predicted octanol–water partition coefficient (Wildman–Crippen LogP) is 0.228. The highest BCUT2D eigenvalue weighted by Gasteiger charge is 2.07. The third-order valence-electron chi connectivity index (χ3n) is 1.99. The van der Waals surface area contributed by atoms with E-state index in [0.29, 0.717) is 6.54 Å². The van der Waals surface area contributed by atoms with E-state index in [4.69, 9.17) is 9.84 Å². The van der Waals surface area contributed by atoms with Gasteiger partial charge in [-0.05, 0) is 25.8 Å². The number of hydrogen-bond acceptors (Lipinski definition) is 4. The smallest absolute Gasteiger partial charge is 0.306 e. The average Bonchev–Trinajstić information content (AvgIpc) is 2.15. The minimum absolute atomic E-state index is 0.198. The lowest BCUT2D eigenvalue weighted by Crippen LogP contribution is -2.29. The van der Waals surface area contributed by atoms with Crippen LogP contribution >= 0.6 is 0 Å². The number of hydrogen-bond donors (Lipinski definition) is 3. The molecule has 1 atom stereocenters. The van der Waals surface area contributed by atoms with Crippen LogP contribution in [-0.4, -0.2) is 49.1 Å². The topological polar surface area (TPSA) is 78.8 Å². The standard InChI is InChI=1S/C10H21NO4/c1-15-6-4-2-3-5-11-8-9(12)7-10(13)14/h9,11-12H,2-8H2,1H3,(H,13,14). The van der Waals surface area contributed by atoms with E-state index in [-0.39, 0.29) is 6.42 Å². The molecule has 5 heteroatoms. The molecule has 0 heterocycles. The Morgan fingerprint density at radius 3 is 2.73 bits per heavy atom. The first-order valence-corrected chi connectivity index (χ1v) is 5.26. The Hall–Kier alpha value is -0.650. The Kier molecular flexibility index (Phi) is 9.46. The number of aliphatic hydroxyl groups excluding tert-OH is 1. The molecular weight excluding hydrogens is 198 g/mol. The van der Waals surface area contributed by atoms with Gasteiger partial charge in [0.05, 0.1) is 12.5 Å². The summed E-state index contributed by atoms with van der Waals surface area (Å²) in [6.45, 7) is 1.93. The number of aliphatic hydroxyl groups is 1. The molecule has 15 heavy (non-hydrogen) atoms. The van der Waals surface area contributed by atoms with Gasteiger partial charge in [-0.3, -0.25) is 4.79 Å². The van der Waals surface area contributed by atoms with Crippen LogP contribution in [0.2, 0.25) is 0 Å². The fraction of sp³-hybridized carbons (Fsp3) is 0.900. The van der Waals surface area contributed by atoms with Crippen molar-refractivity contribution in [1.29, 1.82) is 0 Å². The van der Waals surface area contributed by atoms with Gasteiger partial charge in [-0.2, -0.15) is 0 Å². The van der Waals surface area contributed by atoms with E-state index in [9.17, 15) is 9.90 Å². The number of nitrogens with one attached hydrogen (secondary N) is 1. The highest BCUT2D eigenvalue weighted by Crippen LogP contribution is 1.94. The molecule has 0 saturated carbocycles. The van der Waals surface area contributed by atoms with E-state index in [1.807, 2.05) is 0 Å². The number of carbonyl (C=O) groups is 1. The second-order valence-corrected chi connectivity index (χ2v) is 3.51. The van der Waals surface area contributed by atoms with Crippen molar-refractivity contribution in [3.63, 3.8) is 0 Å². The number of methoxy groups -OCH3 is 1. The van der Waals surface area contributed by atoms with E-state index in [2.05, 4.69) is 5.32 Å². The summed E-state index contributed by atoms with van der Waals surface area (Å²) in [4.78, 5) is 10.2. The third kappa shape index (κ3) is 11.3. The summed E-state index contributed by atoms with van der Waals surface area (Å²) in [5.41, 5.74) is 0. The summed E-state index contributed by atoms with van der Waals surface area (Å²) in [7, 11) is 1.68. The molecule has 0 rings (SSSR count). The van der Waals surface area contributed by atoms with E-state index >= 15 is 0 Å². The molecule has 0 saturated heterocycles. The molecular formula is C10H21NO4. The van der Waals surface area contributed by atoms with Crippen LogP contribution in [0.5, 0.6) is 0 Å². The molecule has 0 radical (unpaired) electrons. The Balaban J connectivity index is 3.13. The highest BCUT2D eigenvalue weighted by molar-refractivity contribution is 5.67. The van der Waals surface area contributed by atoms with Gasteiger partial charge >= 0.3 is 5.97 Å². The zero-order chi connectivity index (χ0) is 11.5. The van der Waals surface area contributed by atoms with Crippen LogP contribution in [0.4, 0.5) is 0 Å².